The highest BCUT2D eigenvalue weighted by atomic mass is 35.5. The number of carbonyl (C=O) groups excluding carboxylic acids is 1. The molecule has 1 aromatic rings. The third-order valence-corrected chi connectivity index (χ3v) is 4.13. The average Bonchev–Trinajstić information content (AvgIpc) is 2.43. The molecule has 3 N–H and O–H groups in total. The number of ether oxygens (including phenoxy) is 1. The van der Waals surface area contributed by atoms with E-state index >= 15 is 0 Å². The average molecular weight is 317 g/mol. The van der Waals surface area contributed by atoms with E-state index in [0.29, 0.717) is 22.3 Å². The van der Waals surface area contributed by atoms with Crippen LogP contribution in [-0.2, 0) is 4.74 Å². The molecule has 2 rings (SSSR count). The molecule has 6 heteroatoms. The smallest absolute Gasteiger partial charge is 0.411 e. The third kappa shape index (κ3) is 4.01. The SMILES string of the molecule is NCC1CCCCC1OC(=O)Nc1cc(Cl)ccc1Cl. The molecule has 20 heavy (non-hydrogen) atoms. The number of hydrogen-bond donors (Lipinski definition) is 2. The van der Waals surface area contributed by atoms with Crippen LogP contribution in [0.15, 0.2) is 18.2 Å². The fourth-order valence-electron chi connectivity index (χ4n) is 2.47. The Hall–Kier alpha value is -0.970. The van der Waals surface area contributed by atoms with Crippen LogP contribution in [0.5, 0.6) is 0 Å². The molecule has 1 amide bonds. The Bertz CT molecular complexity index is 482. The van der Waals surface area contributed by atoms with E-state index in [-0.39, 0.29) is 12.0 Å². The maximum absolute atomic E-state index is 11.9. The van der Waals surface area contributed by atoms with Gasteiger partial charge in [0.1, 0.15) is 6.10 Å². The van der Waals surface area contributed by atoms with E-state index in [9.17, 15) is 4.79 Å². The summed E-state index contributed by atoms with van der Waals surface area (Å²) in [5, 5.41) is 3.55. The van der Waals surface area contributed by atoms with Crippen LogP contribution in [-0.4, -0.2) is 18.7 Å². The summed E-state index contributed by atoms with van der Waals surface area (Å²) >= 11 is 11.9. The maximum Gasteiger partial charge on any atom is 0.411 e. The molecule has 0 bridgehead atoms. The van der Waals surface area contributed by atoms with Gasteiger partial charge in [-0.05, 0) is 44.0 Å². The molecule has 2 unspecified atom stereocenters. The first-order chi connectivity index (χ1) is 9.60. The van der Waals surface area contributed by atoms with E-state index in [1.54, 1.807) is 18.2 Å². The van der Waals surface area contributed by atoms with Crippen molar-refractivity contribution in [3.63, 3.8) is 0 Å². The number of halogens is 2. The lowest BCUT2D eigenvalue weighted by atomic mass is 9.86. The van der Waals surface area contributed by atoms with E-state index in [1.165, 1.54) is 0 Å². The lowest BCUT2D eigenvalue weighted by molar-refractivity contribution is 0.0489. The van der Waals surface area contributed by atoms with Crippen LogP contribution in [0.4, 0.5) is 10.5 Å². The van der Waals surface area contributed by atoms with Gasteiger partial charge in [-0.15, -0.1) is 0 Å². The van der Waals surface area contributed by atoms with Crippen LogP contribution in [0.1, 0.15) is 25.7 Å². The summed E-state index contributed by atoms with van der Waals surface area (Å²) in [6.07, 6.45) is 3.44. The zero-order chi connectivity index (χ0) is 14.5. The summed E-state index contributed by atoms with van der Waals surface area (Å²) in [6, 6.07) is 4.88. The van der Waals surface area contributed by atoms with Gasteiger partial charge in [0.25, 0.3) is 0 Å². The van der Waals surface area contributed by atoms with Gasteiger partial charge in [0.15, 0.2) is 0 Å². The molecule has 1 aliphatic carbocycles. The normalized spacial score (nSPS) is 22.4. The number of hydrogen-bond acceptors (Lipinski definition) is 3. The van der Waals surface area contributed by atoms with Crippen molar-refractivity contribution in [2.75, 3.05) is 11.9 Å². The van der Waals surface area contributed by atoms with E-state index in [4.69, 9.17) is 33.7 Å². The largest absolute Gasteiger partial charge is 0.446 e. The van der Waals surface area contributed by atoms with Crippen molar-refractivity contribution in [1.82, 2.24) is 0 Å². The summed E-state index contributed by atoms with van der Waals surface area (Å²) in [4.78, 5) is 11.9. The van der Waals surface area contributed by atoms with Crippen molar-refractivity contribution in [1.29, 1.82) is 0 Å². The Morgan fingerprint density at radius 1 is 1.35 bits per heavy atom. The summed E-state index contributed by atoms with van der Waals surface area (Å²) in [6.45, 7) is 0.538. The first-order valence-corrected chi connectivity index (χ1v) is 7.48. The van der Waals surface area contributed by atoms with Gasteiger partial charge >= 0.3 is 6.09 Å². The van der Waals surface area contributed by atoms with Crippen LogP contribution in [0.2, 0.25) is 10.0 Å². The quantitative estimate of drug-likeness (QED) is 0.883. The molecule has 1 fully saturated rings. The van der Waals surface area contributed by atoms with Crippen LogP contribution in [0.3, 0.4) is 0 Å². The van der Waals surface area contributed by atoms with Gasteiger partial charge in [0.2, 0.25) is 0 Å². The Balaban J connectivity index is 1.96. The van der Waals surface area contributed by atoms with Gasteiger partial charge < -0.3 is 10.5 Å². The van der Waals surface area contributed by atoms with Crippen molar-refractivity contribution >= 4 is 35.0 Å². The molecule has 1 aliphatic rings. The lowest BCUT2D eigenvalue weighted by Crippen LogP contribution is -2.35. The van der Waals surface area contributed by atoms with E-state index in [1.807, 2.05) is 0 Å². The van der Waals surface area contributed by atoms with Gasteiger partial charge in [-0.2, -0.15) is 0 Å². The van der Waals surface area contributed by atoms with E-state index in [0.717, 1.165) is 25.7 Å². The molecule has 1 saturated carbocycles. The minimum absolute atomic E-state index is 0.119. The standard InChI is InChI=1S/C14H18Cl2N2O2/c15-10-5-6-11(16)12(7-10)18-14(19)20-13-4-2-1-3-9(13)8-17/h5-7,9,13H,1-4,8,17H2,(H,18,19). The monoisotopic (exact) mass is 316 g/mol. The Labute approximate surface area is 128 Å². The highest BCUT2D eigenvalue weighted by Crippen LogP contribution is 2.28. The highest BCUT2D eigenvalue weighted by molar-refractivity contribution is 6.35. The van der Waals surface area contributed by atoms with Crippen molar-refractivity contribution < 1.29 is 9.53 Å². The van der Waals surface area contributed by atoms with Crippen LogP contribution >= 0.6 is 23.2 Å². The van der Waals surface area contributed by atoms with Gasteiger partial charge in [-0.25, -0.2) is 4.79 Å². The van der Waals surface area contributed by atoms with Crippen LogP contribution in [0, 0.1) is 5.92 Å². The zero-order valence-electron chi connectivity index (χ0n) is 11.1. The number of nitrogens with one attached hydrogen (secondary N) is 1. The van der Waals surface area contributed by atoms with Crippen LogP contribution in [0.25, 0.3) is 0 Å². The predicted molar refractivity (Wildman–Crippen MR) is 81.4 cm³/mol. The second-order valence-corrected chi connectivity index (χ2v) is 5.82. The summed E-state index contributed by atoms with van der Waals surface area (Å²) in [5.74, 6) is 0.240. The maximum atomic E-state index is 11.9. The topological polar surface area (TPSA) is 64.3 Å². The molecule has 0 spiro atoms. The number of rotatable bonds is 3. The second kappa shape index (κ2) is 7.16. The van der Waals surface area contributed by atoms with E-state index < -0.39 is 6.09 Å². The zero-order valence-corrected chi connectivity index (χ0v) is 12.6. The molecular weight excluding hydrogens is 299 g/mol. The molecule has 110 valence electrons. The Morgan fingerprint density at radius 2 is 2.10 bits per heavy atom. The van der Waals surface area contributed by atoms with Gasteiger partial charge in [-0.3, -0.25) is 5.32 Å². The molecule has 0 radical (unpaired) electrons. The number of anilines is 1. The Morgan fingerprint density at radius 3 is 2.85 bits per heavy atom. The van der Waals surface area contributed by atoms with Gasteiger partial charge in [-0.1, -0.05) is 29.6 Å². The minimum atomic E-state index is -0.514. The van der Waals surface area contributed by atoms with Crippen molar-refractivity contribution in [3.05, 3.63) is 28.2 Å². The molecule has 4 nitrogen and oxygen atoms in total. The second-order valence-electron chi connectivity index (χ2n) is 4.97. The highest BCUT2D eigenvalue weighted by Gasteiger charge is 2.27. The van der Waals surface area contributed by atoms with Crippen molar-refractivity contribution in [2.45, 2.75) is 31.8 Å². The molecule has 1 aromatic carbocycles. The summed E-state index contributed by atoms with van der Waals surface area (Å²) in [5.41, 5.74) is 6.16. The first kappa shape index (κ1) is 15.4. The van der Waals surface area contributed by atoms with Crippen LogP contribution < -0.4 is 11.1 Å². The number of carbonyl (C=O) groups is 1. The number of amides is 1. The summed E-state index contributed by atoms with van der Waals surface area (Å²) in [7, 11) is 0. The lowest BCUT2D eigenvalue weighted by Gasteiger charge is -2.30. The molecule has 2 atom stereocenters. The number of nitrogens with two attached hydrogens (primary N) is 1. The molecule has 0 aliphatic heterocycles. The van der Waals surface area contributed by atoms with Gasteiger partial charge in [0.05, 0.1) is 10.7 Å². The van der Waals surface area contributed by atoms with Crippen molar-refractivity contribution in [2.24, 2.45) is 11.7 Å². The van der Waals surface area contributed by atoms with Crippen molar-refractivity contribution in [3.8, 4) is 0 Å². The minimum Gasteiger partial charge on any atom is -0.446 e. The first-order valence-electron chi connectivity index (χ1n) is 6.73. The van der Waals surface area contributed by atoms with E-state index in [2.05, 4.69) is 5.32 Å². The fourth-order valence-corrected chi connectivity index (χ4v) is 2.81. The fraction of sp³-hybridized carbons (Fsp3) is 0.500. The molecule has 0 saturated heterocycles. The Kier molecular flexibility index (Phi) is 5.52. The molecule has 0 aromatic heterocycles. The molecular formula is C14H18Cl2N2O2. The molecule has 0 heterocycles. The van der Waals surface area contributed by atoms with Gasteiger partial charge in [0, 0.05) is 10.9 Å². The third-order valence-electron chi connectivity index (χ3n) is 3.57. The number of benzene rings is 1. The summed E-state index contributed by atoms with van der Waals surface area (Å²) < 4.78 is 5.46. The predicted octanol–water partition coefficient (Wildman–Crippen LogP) is 4.06.